The molecule has 2 rings (SSSR count). The minimum atomic E-state index is 0.506. The van der Waals surface area contributed by atoms with Crippen LogP contribution in [0.1, 0.15) is 0 Å². The van der Waals surface area contributed by atoms with Crippen LogP contribution in [-0.2, 0) is 0 Å². The van der Waals surface area contributed by atoms with Crippen LogP contribution in [0.15, 0.2) is 36.9 Å². The van der Waals surface area contributed by atoms with Gasteiger partial charge in [0.25, 0.3) is 0 Å². The van der Waals surface area contributed by atoms with Gasteiger partial charge in [0, 0.05) is 5.69 Å². The van der Waals surface area contributed by atoms with Crippen molar-refractivity contribution in [2.75, 3.05) is 0 Å². The van der Waals surface area contributed by atoms with Crippen LogP contribution in [0.5, 0.6) is 0 Å². The third-order valence-electron chi connectivity index (χ3n) is 1.58. The number of benzene rings is 1. The van der Waals surface area contributed by atoms with E-state index in [0.717, 1.165) is 5.69 Å². The Morgan fingerprint density at radius 3 is 2.17 bits per heavy atom. The van der Waals surface area contributed by atoms with E-state index >= 15 is 0 Å². The fourth-order valence-electron chi connectivity index (χ4n) is 0.968. The normalized spacial score (nSPS) is 10.0. The van der Waals surface area contributed by atoms with Crippen molar-refractivity contribution >= 4 is 5.69 Å². The molecule has 1 aromatic carbocycles. The van der Waals surface area contributed by atoms with Gasteiger partial charge in [0.05, 0.1) is 0 Å². The van der Waals surface area contributed by atoms with Crippen molar-refractivity contribution in [2.24, 2.45) is 0 Å². The van der Waals surface area contributed by atoms with E-state index in [9.17, 15) is 0 Å². The van der Waals surface area contributed by atoms with E-state index in [1.165, 1.54) is 0 Å². The molecule has 4 nitrogen and oxygen atoms in total. The molecular formula is C8H7N4-. The number of nitrogens with one attached hydrogen (secondary N) is 1. The maximum Gasteiger partial charge on any atom is 0.123 e. The highest BCUT2D eigenvalue weighted by molar-refractivity contribution is 5.47. The summed E-state index contributed by atoms with van der Waals surface area (Å²) >= 11 is 0. The molecule has 2 aromatic rings. The molecule has 0 fully saturated rings. The van der Waals surface area contributed by atoms with Gasteiger partial charge < -0.3 is 5.73 Å². The molecule has 0 saturated carbocycles. The molecular weight excluding hydrogens is 152 g/mol. The molecule has 0 aliphatic heterocycles. The van der Waals surface area contributed by atoms with Gasteiger partial charge >= 0.3 is 0 Å². The number of aromatic nitrogens is 3. The summed E-state index contributed by atoms with van der Waals surface area (Å²) in [7, 11) is 0. The molecule has 0 spiro atoms. The van der Waals surface area contributed by atoms with Crippen molar-refractivity contribution in [3.8, 4) is 5.69 Å². The van der Waals surface area contributed by atoms with Gasteiger partial charge in [-0.3, -0.25) is 4.57 Å². The van der Waals surface area contributed by atoms with Gasteiger partial charge in [-0.1, -0.05) is 12.1 Å². The summed E-state index contributed by atoms with van der Waals surface area (Å²) < 4.78 is 1.79. The summed E-state index contributed by atoms with van der Waals surface area (Å²) in [6.07, 6.45) is 3.25. The van der Waals surface area contributed by atoms with E-state index < -0.39 is 0 Å². The van der Waals surface area contributed by atoms with Crippen LogP contribution in [0.2, 0.25) is 0 Å². The Hall–Kier alpha value is -1.84. The molecule has 0 atom stereocenters. The van der Waals surface area contributed by atoms with Crippen LogP contribution in [0.4, 0.5) is 5.69 Å². The Kier molecular flexibility index (Phi) is 1.51. The average molecular weight is 159 g/mol. The van der Waals surface area contributed by atoms with Crippen molar-refractivity contribution in [3.05, 3.63) is 42.7 Å². The van der Waals surface area contributed by atoms with E-state index in [4.69, 9.17) is 5.73 Å². The first kappa shape index (κ1) is 6.84. The van der Waals surface area contributed by atoms with E-state index in [1.54, 1.807) is 29.4 Å². The van der Waals surface area contributed by atoms with Gasteiger partial charge in [-0.25, -0.2) is 0 Å². The minimum Gasteiger partial charge on any atom is -0.699 e. The summed E-state index contributed by atoms with van der Waals surface area (Å²) in [5.74, 6) is 0. The molecule has 4 heteroatoms. The van der Waals surface area contributed by atoms with Crippen LogP contribution < -0.4 is 0 Å². The zero-order valence-electron chi connectivity index (χ0n) is 6.31. The predicted molar refractivity (Wildman–Crippen MR) is 45.3 cm³/mol. The molecule has 0 unspecified atom stereocenters. The molecule has 0 aliphatic rings. The van der Waals surface area contributed by atoms with Crippen molar-refractivity contribution < 1.29 is 0 Å². The second-order valence-electron chi connectivity index (χ2n) is 2.42. The van der Waals surface area contributed by atoms with Crippen molar-refractivity contribution in [1.29, 1.82) is 0 Å². The molecule has 0 saturated heterocycles. The SMILES string of the molecule is [NH-]c1ccc(-n2cnnc2)cc1. The van der Waals surface area contributed by atoms with Crippen LogP contribution in [0, 0.1) is 0 Å². The highest BCUT2D eigenvalue weighted by Crippen LogP contribution is 2.13. The monoisotopic (exact) mass is 159 g/mol. The largest absolute Gasteiger partial charge is 0.699 e. The van der Waals surface area contributed by atoms with Gasteiger partial charge in [-0.15, -0.1) is 15.9 Å². The van der Waals surface area contributed by atoms with Crippen LogP contribution in [0.25, 0.3) is 11.4 Å². The van der Waals surface area contributed by atoms with Crippen molar-refractivity contribution in [2.45, 2.75) is 0 Å². The lowest BCUT2D eigenvalue weighted by Crippen LogP contribution is -1.87. The van der Waals surface area contributed by atoms with Gasteiger partial charge in [0.15, 0.2) is 0 Å². The fourth-order valence-corrected chi connectivity index (χ4v) is 0.968. The first-order chi connectivity index (χ1) is 5.86. The molecule has 1 aromatic heterocycles. The van der Waals surface area contributed by atoms with Gasteiger partial charge in [-0.2, -0.15) is 0 Å². The molecule has 0 bridgehead atoms. The van der Waals surface area contributed by atoms with Crippen LogP contribution in [0.3, 0.4) is 0 Å². The number of nitrogens with zero attached hydrogens (tertiary/aromatic N) is 3. The lowest BCUT2D eigenvalue weighted by molar-refractivity contribution is 1.06. The maximum absolute atomic E-state index is 7.28. The zero-order valence-corrected chi connectivity index (χ0v) is 6.31. The van der Waals surface area contributed by atoms with Gasteiger partial charge in [0.1, 0.15) is 12.7 Å². The molecule has 0 radical (unpaired) electrons. The number of hydrogen-bond acceptors (Lipinski definition) is 2. The molecule has 0 aliphatic carbocycles. The van der Waals surface area contributed by atoms with Gasteiger partial charge in [-0.05, 0) is 12.1 Å². The average Bonchev–Trinajstić information content (AvgIpc) is 2.58. The Labute approximate surface area is 69.7 Å². The first-order valence-electron chi connectivity index (χ1n) is 3.53. The van der Waals surface area contributed by atoms with Gasteiger partial charge in [0.2, 0.25) is 0 Å². The molecule has 1 heterocycles. The third-order valence-corrected chi connectivity index (χ3v) is 1.58. The van der Waals surface area contributed by atoms with E-state index in [-0.39, 0.29) is 0 Å². The van der Waals surface area contributed by atoms with E-state index in [2.05, 4.69) is 10.2 Å². The smallest absolute Gasteiger partial charge is 0.123 e. The van der Waals surface area contributed by atoms with Crippen molar-refractivity contribution in [3.63, 3.8) is 0 Å². The second-order valence-corrected chi connectivity index (χ2v) is 2.42. The van der Waals surface area contributed by atoms with Crippen molar-refractivity contribution in [1.82, 2.24) is 14.8 Å². The minimum absolute atomic E-state index is 0.506. The Balaban J connectivity index is 2.43. The van der Waals surface area contributed by atoms with E-state index in [1.807, 2.05) is 12.1 Å². The predicted octanol–water partition coefficient (Wildman–Crippen LogP) is 1.95. The summed E-state index contributed by atoms with van der Waals surface area (Å²) in [4.78, 5) is 0. The molecule has 1 N–H and O–H groups in total. The summed E-state index contributed by atoms with van der Waals surface area (Å²) in [5.41, 5.74) is 8.75. The third kappa shape index (κ3) is 1.14. The topological polar surface area (TPSA) is 54.5 Å². The van der Waals surface area contributed by atoms with E-state index in [0.29, 0.717) is 5.69 Å². The molecule has 60 valence electrons. The number of rotatable bonds is 1. The molecule has 0 amide bonds. The Morgan fingerprint density at radius 1 is 1.00 bits per heavy atom. The maximum atomic E-state index is 7.28. The fraction of sp³-hybridized carbons (Fsp3) is 0. The van der Waals surface area contributed by atoms with Crippen LogP contribution in [-0.4, -0.2) is 14.8 Å². The van der Waals surface area contributed by atoms with Crippen LogP contribution >= 0.6 is 0 Å². The lowest BCUT2D eigenvalue weighted by atomic mass is 10.3. The highest BCUT2D eigenvalue weighted by Gasteiger charge is 1.91. The standard InChI is InChI=1S/C8H7N4/c9-7-1-3-8(4-2-7)12-5-10-11-6-12/h1-6,9H/q-1. The highest BCUT2D eigenvalue weighted by atomic mass is 15.2. The number of hydrogen-bond donors (Lipinski definition) is 0. The first-order valence-corrected chi connectivity index (χ1v) is 3.53. The Bertz CT molecular complexity index is 349. The summed E-state index contributed by atoms with van der Waals surface area (Å²) in [5, 5.41) is 7.37. The summed E-state index contributed by atoms with van der Waals surface area (Å²) in [6.45, 7) is 0. The quantitative estimate of drug-likeness (QED) is 0.638. The zero-order chi connectivity index (χ0) is 8.39. The molecule has 12 heavy (non-hydrogen) atoms. The lowest BCUT2D eigenvalue weighted by Gasteiger charge is -2.04. The summed E-state index contributed by atoms with van der Waals surface area (Å²) in [6, 6.07) is 7.17. The Morgan fingerprint density at radius 2 is 1.58 bits per heavy atom. The second kappa shape index (κ2) is 2.65.